The molecule has 3 aromatic rings. The van der Waals surface area contributed by atoms with Gasteiger partial charge in [-0.2, -0.15) is 5.10 Å². The van der Waals surface area contributed by atoms with Gasteiger partial charge in [-0.25, -0.2) is 9.98 Å². The Balaban J connectivity index is 1.66. The molecule has 2 heterocycles. The number of pyridine rings is 1. The highest BCUT2D eigenvalue weighted by atomic mass is 16.5. The van der Waals surface area contributed by atoms with E-state index in [1.807, 2.05) is 29.1 Å². The van der Waals surface area contributed by atoms with Crippen LogP contribution in [-0.2, 0) is 19.6 Å². The summed E-state index contributed by atoms with van der Waals surface area (Å²) in [4.78, 5) is 8.80. The maximum Gasteiger partial charge on any atom is 0.213 e. The molecule has 28 heavy (non-hydrogen) atoms. The molecule has 0 aliphatic heterocycles. The summed E-state index contributed by atoms with van der Waals surface area (Å²) < 4.78 is 7.10. The van der Waals surface area contributed by atoms with E-state index in [4.69, 9.17) is 4.74 Å². The van der Waals surface area contributed by atoms with E-state index in [0.717, 1.165) is 24.6 Å². The molecule has 0 spiro atoms. The average molecular weight is 378 g/mol. The fraction of sp³-hybridized carbons (Fsp3) is 0.286. The first-order valence-electron chi connectivity index (χ1n) is 9.33. The second-order valence-electron chi connectivity index (χ2n) is 6.23. The van der Waals surface area contributed by atoms with Crippen molar-refractivity contribution in [2.75, 3.05) is 13.7 Å². The molecule has 0 aliphatic carbocycles. The van der Waals surface area contributed by atoms with Gasteiger partial charge in [-0.15, -0.1) is 0 Å². The Bertz CT molecular complexity index is 891. The van der Waals surface area contributed by atoms with Crippen LogP contribution in [0, 0.1) is 0 Å². The summed E-state index contributed by atoms with van der Waals surface area (Å²) in [7, 11) is 1.61. The van der Waals surface area contributed by atoms with Gasteiger partial charge in [-0.05, 0) is 35.7 Å². The van der Waals surface area contributed by atoms with Crippen LogP contribution in [-0.4, -0.2) is 34.4 Å². The zero-order valence-corrected chi connectivity index (χ0v) is 16.3. The number of guanidine groups is 1. The summed E-state index contributed by atoms with van der Waals surface area (Å²) >= 11 is 0. The van der Waals surface area contributed by atoms with Gasteiger partial charge in [0.05, 0.1) is 20.2 Å². The Morgan fingerprint density at radius 2 is 1.96 bits per heavy atom. The van der Waals surface area contributed by atoms with E-state index in [9.17, 15) is 0 Å². The van der Waals surface area contributed by atoms with Crippen molar-refractivity contribution in [1.82, 2.24) is 25.4 Å². The molecular formula is C21H26N6O. The number of methoxy groups -OCH3 is 1. The second-order valence-corrected chi connectivity index (χ2v) is 6.23. The summed E-state index contributed by atoms with van der Waals surface area (Å²) in [6, 6.07) is 14.1. The monoisotopic (exact) mass is 378 g/mol. The summed E-state index contributed by atoms with van der Waals surface area (Å²) in [5.74, 6) is 1.37. The van der Waals surface area contributed by atoms with Gasteiger partial charge < -0.3 is 15.4 Å². The Kier molecular flexibility index (Phi) is 7.01. The fourth-order valence-corrected chi connectivity index (χ4v) is 2.80. The van der Waals surface area contributed by atoms with Crippen molar-refractivity contribution >= 4 is 5.96 Å². The predicted octanol–water partition coefficient (Wildman–Crippen LogP) is 2.59. The highest BCUT2D eigenvalue weighted by Crippen LogP contribution is 2.11. The highest BCUT2D eigenvalue weighted by Gasteiger charge is 2.05. The Labute approximate surface area is 165 Å². The van der Waals surface area contributed by atoms with E-state index in [1.54, 1.807) is 19.5 Å². The van der Waals surface area contributed by atoms with Crippen molar-refractivity contribution in [3.8, 4) is 5.88 Å². The Morgan fingerprint density at radius 1 is 1.11 bits per heavy atom. The third-order valence-electron chi connectivity index (χ3n) is 4.23. The van der Waals surface area contributed by atoms with E-state index in [1.165, 1.54) is 11.1 Å². The largest absolute Gasteiger partial charge is 0.481 e. The quantitative estimate of drug-likeness (QED) is 0.465. The molecule has 2 aromatic heterocycles. The van der Waals surface area contributed by atoms with Gasteiger partial charge >= 0.3 is 0 Å². The second kappa shape index (κ2) is 10.1. The molecule has 0 aliphatic rings. The fourth-order valence-electron chi connectivity index (χ4n) is 2.80. The molecule has 0 bridgehead atoms. The molecule has 3 rings (SSSR count). The van der Waals surface area contributed by atoms with Crippen LogP contribution < -0.4 is 15.4 Å². The molecule has 0 unspecified atom stereocenters. The van der Waals surface area contributed by atoms with Crippen LogP contribution in [0.5, 0.6) is 5.88 Å². The third-order valence-corrected chi connectivity index (χ3v) is 4.23. The standard InChI is InChI=1S/C21H26N6O/c1-3-22-21(24-14-17-9-11-23-20(13-17)28-2)25-15-18-7-4-5-8-19(18)16-27-12-6-10-26-27/h4-13H,3,14-16H2,1-2H3,(H2,22,24,25). The first kappa shape index (κ1) is 19.4. The van der Waals surface area contributed by atoms with Gasteiger partial charge in [-0.1, -0.05) is 24.3 Å². The molecule has 2 N–H and O–H groups in total. The van der Waals surface area contributed by atoms with Gasteiger partial charge in [0.25, 0.3) is 0 Å². The smallest absolute Gasteiger partial charge is 0.213 e. The minimum atomic E-state index is 0.545. The van der Waals surface area contributed by atoms with E-state index in [2.05, 4.69) is 56.9 Å². The van der Waals surface area contributed by atoms with Crippen molar-refractivity contribution in [2.45, 2.75) is 26.6 Å². The van der Waals surface area contributed by atoms with Gasteiger partial charge in [-0.3, -0.25) is 4.68 Å². The molecule has 0 radical (unpaired) electrons. The van der Waals surface area contributed by atoms with Crippen molar-refractivity contribution in [1.29, 1.82) is 0 Å². The highest BCUT2D eigenvalue weighted by molar-refractivity contribution is 5.79. The lowest BCUT2D eigenvalue weighted by molar-refractivity contribution is 0.397. The molecule has 1 aromatic carbocycles. The molecular weight excluding hydrogens is 352 g/mol. The van der Waals surface area contributed by atoms with Gasteiger partial charge in [0.15, 0.2) is 5.96 Å². The lowest BCUT2D eigenvalue weighted by atomic mass is 10.1. The number of hydrogen-bond donors (Lipinski definition) is 2. The number of aromatic nitrogens is 3. The third kappa shape index (κ3) is 5.57. The van der Waals surface area contributed by atoms with Gasteiger partial charge in [0.2, 0.25) is 5.88 Å². The number of nitrogens with zero attached hydrogens (tertiary/aromatic N) is 4. The Morgan fingerprint density at radius 3 is 2.71 bits per heavy atom. The number of nitrogens with one attached hydrogen (secondary N) is 2. The van der Waals surface area contributed by atoms with Crippen molar-refractivity contribution in [3.63, 3.8) is 0 Å². The lowest BCUT2D eigenvalue weighted by Gasteiger charge is -2.14. The average Bonchev–Trinajstić information content (AvgIpc) is 3.24. The predicted molar refractivity (Wildman–Crippen MR) is 110 cm³/mol. The number of aliphatic imine (C=N–C) groups is 1. The van der Waals surface area contributed by atoms with Gasteiger partial charge in [0.1, 0.15) is 0 Å². The molecule has 7 nitrogen and oxygen atoms in total. The van der Waals surface area contributed by atoms with Crippen LogP contribution in [0.25, 0.3) is 0 Å². The van der Waals surface area contributed by atoms with Crippen LogP contribution in [0.15, 0.2) is 66.0 Å². The number of benzene rings is 1. The minimum absolute atomic E-state index is 0.545. The van der Waals surface area contributed by atoms with Crippen molar-refractivity contribution in [2.24, 2.45) is 4.99 Å². The SMILES string of the molecule is CCNC(=NCc1ccnc(OC)c1)NCc1ccccc1Cn1cccn1. The molecule has 0 saturated carbocycles. The summed E-state index contributed by atoms with van der Waals surface area (Å²) in [5, 5.41) is 11.0. The van der Waals surface area contributed by atoms with Crippen molar-refractivity contribution in [3.05, 3.63) is 77.7 Å². The molecule has 0 fully saturated rings. The van der Waals surface area contributed by atoms with Crippen LogP contribution >= 0.6 is 0 Å². The number of ether oxygens (including phenoxy) is 1. The maximum atomic E-state index is 5.17. The summed E-state index contributed by atoms with van der Waals surface area (Å²) in [5.41, 5.74) is 3.49. The zero-order chi connectivity index (χ0) is 19.6. The summed E-state index contributed by atoms with van der Waals surface area (Å²) in [6.45, 7) is 4.82. The van der Waals surface area contributed by atoms with Crippen LogP contribution in [0.3, 0.4) is 0 Å². The molecule has 146 valence electrons. The Hall–Kier alpha value is -3.35. The molecule has 0 atom stereocenters. The molecule has 7 heteroatoms. The number of rotatable bonds is 8. The van der Waals surface area contributed by atoms with E-state index >= 15 is 0 Å². The minimum Gasteiger partial charge on any atom is -0.481 e. The topological polar surface area (TPSA) is 76.4 Å². The normalized spacial score (nSPS) is 11.3. The van der Waals surface area contributed by atoms with Crippen LogP contribution in [0.1, 0.15) is 23.6 Å². The molecule has 0 saturated heterocycles. The van der Waals surface area contributed by atoms with E-state index < -0.39 is 0 Å². The maximum absolute atomic E-state index is 5.17. The van der Waals surface area contributed by atoms with E-state index in [0.29, 0.717) is 19.0 Å². The van der Waals surface area contributed by atoms with Crippen LogP contribution in [0.4, 0.5) is 0 Å². The number of hydrogen-bond acceptors (Lipinski definition) is 4. The first-order valence-corrected chi connectivity index (χ1v) is 9.33. The van der Waals surface area contributed by atoms with E-state index in [-0.39, 0.29) is 0 Å². The van der Waals surface area contributed by atoms with Gasteiger partial charge in [0, 0.05) is 37.7 Å². The summed E-state index contributed by atoms with van der Waals surface area (Å²) in [6.07, 6.45) is 5.50. The lowest BCUT2D eigenvalue weighted by Crippen LogP contribution is -2.37. The van der Waals surface area contributed by atoms with Crippen molar-refractivity contribution < 1.29 is 4.74 Å². The zero-order valence-electron chi connectivity index (χ0n) is 16.3. The molecule has 0 amide bonds. The van der Waals surface area contributed by atoms with Crippen LogP contribution in [0.2, 0.25) is 0 Å². The first-order chi connectivity index (χ1) is 13.8.